The summed E-state index contributed by atoms with van der Waals surface area (Å²) < 4.78 is 25.8. The summed E-state index contributed by atoms with van der Waals surface area (Å²) in [5.74, 6) is -2.50. The Hall–Kier alpha value is -1.65. The predicted octanol–water partition coefficient (Wildman–Crippen LogP) is 1.39. The van der Waals surface area contributed by atoms with Crippen molar-refractivity contribution in [1.29, 1.82) is 0 Å². The summed E-state index contributed by atoms with van der Waals surface area (Å²) in [7, 11) is 0. The molecule has 0 bridgehead atoms. The normalized spacial score (nSPS) is 18.9. The number of nitrogens with one attached hydrogen (secondary N) is 1. The molecule has 1 aliphatic heterocycles. The zero-order valence-electron chi connectivity index (χ0n) is 7.05. The largest absolute Gasteiger partial charge is 0.480 e. The van der Waals surface area contributed by atoms with E-state index in [1.54, 1.807) is 0 Å². The minimum Gasteiger partial charge on any atom is -0.480 e. The summed E-state index contributed by atoms with van der Waals surface area (Å²) in [5, 5.41) is 11.2. The Kier molecular flexibility index (Phi) is 1.87. The SMILES string of the molecule is O=C(O)[C@H]1Cc2cc(F)cc(F)c2N1. The lowest BCUT2D eigenvalue weighted by Gasteiger charge is -2.04. The van der Waals surface area contributed by atoms with Crippen LogP contribution in [0.25, 0.3) is 0 Å². The topological polar surface area (TPSA) is 49.3 Å². The fourth-order valence-corrected chi connectivity index (χ4v) is 1.54. The van der Waals surface area contributed by atoms with Crippen molar-refractivity contribution in [2.75, 3.05) is 5.32 Å². The molecular weight excluding hydrogens is 192 g/mol. The van der Waals surface area contributed by atoms with Gasteiger partial charge in [0.1, 0.15) is 17.7 Å². The molecule has 0 unspecified atom stereocenters. The molecule has 2 rings (SSSR count). The van der Waals surface area contributed by atoms with Gasteiger partial charge in [-0.05, 0) is 11.6 Å². The fourth-order valence-electron chi connectivity index (χ4n) is 1.54. The minimum atomic E-state index is -1.07. The lowest BCUT2D eigenvalue weighted by atomic mass is 10.1. The van der Waals surface area contributed by atoms with Crippen molar-refractivity contribution in [3.8, 4) is 0 Å². The van der Waals surface area contributed by atoms with Gasteiger partial charge in [-0.2, -0.15) is 0 Å². The first-order valence-corrected chi connectivity index (χ1v) is 4.05. The van der Waals surface area contributed by atoms with Crippen LogP contribution >= 0.6 is 0 Å². The first-order chi connectivity index (χ1) is 6.58. The standard InChI is InChI=1S/C9H7F2NO2/c10-5-1-4-2-7(9(13)14)12-8(4)6(11)3-5/h1,3,7,12H,2H2,(H,13,14)/t7-/m1/s1. The lowest BCUT2D eigenvalue weighted by molar-refractivity contribution is -0.137. The summed E-state index contributed by atoms with van der Waals surface area (Å²) >= 11 is 0. The number of anilines is 1. The van der Waals surface area contributed by atoms with Crippen molar-refractivity contribution >= 4 is 11.7 Å². The Labute approximate surface area is 78.4 Å². The van der Waals surface area contributed by atoms with E-state index in [0.29, 0.717) is 5.56 Å². The van der Waals surface area contributed by atoms with Crippen LogP contribution in [0.3, 0.4) is 0 Å². The minimum absolute atomic E-state index is 0.0961. The lowest BCUT2D eigenvalue weighted by Crippen LogP contribution is -2.26. The Bertz CT molecular complexity index is 406. The van der Waals surface area contributed by atoms with Gasteiger partial charge in [0.05, 0.1) is 5.69 Å². The molecule has 1 aromatic carbocycles. The van der Waals surface area contributed by atoms with E-state index in [1.807, 2.05) is 0 Å². The van der Waals surface area contributed by atoms with E-state index in [1.165, 1.54) is 0 Å². The highest BCUT2D eigenvalue weighted by Gasteiger charge is 2.28. The summed E-state index contributed by atoms with van der Waals surface area (Å²) in [6, 6.07) is 1.02. The van der Waals surface area contributed by atoms with Crippen molar-refractivity contribution < 1.29 is 18.7 Å². The van der Waals surface area contributed by atoms with Gasteiger partial charge in [-0.25, -0.2) is 13.6 Å². The molecule has 0 saturated heterocycles. The molecule has 1 aliphatic rings. The van der Waals surface area contributed by atoms with E-state index in [-0.39, 0.29) is 12.1 Å². The van der Waals surface area contributed by atoms with Crippen LogP contribution in [0.5, 0.6) is 0 Å². The van der Waals surface area contributed by atoms with E-state index < -0.39 is 23.6 Å². The second-order valence-corrected chi connectivity index (χ2v) is 3.16. The molecule has 74 valence electrons. The summed E-state index contributed by atoms with van der Waals surface area (Å²) in [6.45, 7) is 0. The number of carboxylic acids is 1. The number of fused-ring (bicyclic) bond motifs is 1. The Morgan fingerprint density at radius 2 is 2.21 bits per heavy atom. The number of aliphatic carboxylic acids is 1. The van der Waals surface area contributed by atoms with Crippen molar-refractivity contribution in [3.05, 3.63) is 29.3 Å². The van der Waals surface area contributed by atoms with Crippen LogP contribution in [0, 0.1) is 11.6 Å². The highest BCUT2D eigenvalue weighted by Crippen LogP contribution is 2.29. The van der Waals surface area contributed by atoms with Gasteiger partial charge in [-0.1, -0.05) is 0 Å². The molecule has 5 heteroatoms. The maximum atomic E-state index is 13.1. The van der Waals surface area contributed by atoms with Crippen LogP contribution in [0.15, 0.2) is 12.1 Å². The van der Waals surface area contributed by atoms with E-state index in [2.05, 4.69) is 5.32 Å². The Morgan fingerprint density at radius 3 is 2.86 bits per heavy atom. The summed E-state index contributed by atoms with van der Waals surface area (Å²) in [5.41, 5.74) is 0.466. The molecule has 0 saturated carbocycles. The van der Waals surface area contributed by atoms with Crippen molar-refractivity contribution in [1.82, 2.24) is 0 Å². The zero-order valence-corrected chi connectivity index (χ0v) is 7.05. The van der Waals surface area contributed by atoms with Crippen LogP contribution in [0.4, 0.5) is 14.5 Å². The average Bonchev–Trinajstić information content (AvgIpc) is 2.47. The third kappa shape index (κ3) is 1.30. The van der Waals surface area contributed by atoms with Crippen LogP contribution in [0.1, 0.15) is 5.56 Å². The van der Waals surface area contributed by atoms with Crippen molar-refractivity contribution in [3.63, 3.8) is 0 Å². The molecule has 1 aromatic rings. The number of hydrogen-bond acceptors (Lipinski definition) is 2. The van der Waals surface area contributed by atoms with Crippen molar-refractivity contribution in [2.45, 2.75) is 12.5 Å². The van der Waals surface area contributed by atoms with Crippen LogP contribution in [0.2, 0.25) is 0 Å². The van der Waals surface area contributed by atoms with E-state index in [0.717, 1.165) is 12.1 Å². The van der Waals surface area contributed by atoms with Gasteiger partial charge < -0.3 is 10.4 Å². The molecular formula is C9H7F2NO2. The molecule has 2 N–H and O–H groups in total. The van der Waals surface area contributed by atoms with Gasteiger partial charge in [-0.15, -0.1) is 0 Å². The third-order valence-corrected chi connectivity index (χ3v) is 2.18. The number of halogens is 2. The molecule has 3 nitrogen and oxygen atoms in total. The summed E-state index contributed by atoms with van der Waals surface area (Å²) in [6.07, 6.45) is 0.110. The molecule has 0 aliphatic carbocycles. The molecule has 1 atom stereocenters. The number of rotatable bonds is 1. The zero-order chi connectivity index (χ0) is 10.3. The third-order valence-electron chi connectivity index (χ3n) is 2.18. The second-order valence-electron chi connectivity index (χ2n) is 3.16. The van der Waals surface area contributed by atoms with Crippen LogP contribution in [-0.2, 0) is 11.2 Å². The smallest absolute Gasteiger partial charge is 0.326 e. The Balaban J connectivity index is 2.39. The molecule has 0 aromatic heterocycles. The Morgan fingerprint density at radius 1 is 1.50 bits per heavy atom. The van der Waals surface area contributed by atoms with E-state index >= 15 is 0 Å². The number of benzene rings is 1. The van der Waals surface area contributed by atoms with Crippen LogP contribution in [-0.4, -0.2) is 17.1 Å². The van der Waals surface area contributed by atoms with Crippen LogP contribution < -0.4 is 5.32 Å². The van der Waals surface area contributed by atoms with E-state index in [9.17, 15) is 13.6 Å². The number of carbonyl (C=O) groups is 1. The van der Waals surface area contributed by atoms with Gasteiger partial charge in [0, 0.05) is 12.5 Å². The highest BCUT2D eigenvalue weighted by atomic mass is 19.1. The monoisotopic (exact) mass is 199 g/mol. The summed E-state index contributed by atoms with van der Waals surface area (Å²) in [4.78, 5) is 10.6. The second kappa shape index (κ2) is 2.94. The molecule has 1 heterocycles. The first kappa shape index (κ1) is 8.93. The fraction of sp³-hybridized carbons (Fsp3) is 0.222. The highest BCUT2D eigenvalue weighted by molar-refractivity contribution is 5.81. The van der Waals surface area contributed by atoms with Gasteiger partial charge >= 0.3 is 5.97 Å². The predicted molar refractivity (Wildman–Crippen MR) is 45.1 cm³/mol. The molecule has 0 spiro atoms. The van der Waals surface area contributed by atoms with Gasteiger partial charge in [0.25, 0.3) is 0 Å². The molecule has 0 fully saturated rings. The quantitative estimate of drug-likeness (QED) is 0.718. The maximum absolute atomic E-state index is 13.1. The van der Waals surface area contributed by atoms with E-state index in [4.69, 9.17) is 5.11 Å². The van der Waals surface area contributed by atoms with Gasteiger partial charge in [0.2, 0.25) is 0 Å². The molecule has 0 radical (unpaired) electrons. The molecule has 0 amide bonds. The number of hydrogen-bond donors (Lipinski definition) is 2. The number of carboxylic acid groups (broad SMARTS) is 1. The van der Waals surface area contributed by atoms with Crippen molar-refractivity contribution in [2.24, 2.45) is 0 Å². The van der Waals surface area contributed by atoms with Gasteiger partial charge in [0.15, 0.2) is 0 Å². The first-order valence-electron chi connectivity index (χ1n) is 4.05. The average molecular weight is 199 g/mol. The maximum Gasteiger partial charge on any atom is 0.326 e. The molecule has 14 heavy (non-hydrogen) atoms. The van der Waals surface area contributed by atoms with Gasteiger partial charge in [-0.3, -0.25) is 0 Å².